The average molecular weight is 271 g/mol. The van der Waals surface area contributed by atoms with Crippen LogP contribution in [0.25, 0.3) is 0 Å². The quantitative estimate of drug-likeness (QED) is 0.928. The summed E-state index contributed by atoms with van der Waals surface area (Å²) in [6.45, 7) is 1.96. The summed E-state index contributed by atoms with van der Waals surface area (Å²) in [4.78, 5) is 3.86. The van der Waals surface area contributed by atoms with Crippen LogP contribution in [0.5, 0.6) is 5.75 Å². The van der Waals surface area contributed by atoms with E-state index >= 15 is 0 Å². The Hall–Kier alpha value is -2.45. The molecule has 0 saturated carbocycles. The van der Waals surface area contributed by atoms with Crippen LogP contribution in [-0.4, -0.2) is 4.98 Å². The lowest BCUT2D eigenvalue weighted by Gasteiger charge is -2.10. The fourth-order valence-electron chi connectivity index (χ4n) is 1.70. The van der Waals surface area contributed by atoms with Crippen molar-refractivity contribution in [2.45, 2.75) is 19.6 Å². The van der Waals surface area contributed by atoms with E-state index in [-0.39, 0.29) is 18.4 Å². The van der Waals surface area contributed by atoms with Crippen molar-refractivity contribution in [1.29, 1.82) is 5.26 Å². The van der Waals surface area contributed by atoms with Crippen LogP contribution in [0.3, 0.4) is 0 Å². The Kier molecular flexibility index (Phi) is 4.28. The molecule has 0 spiro atoms. The minimum absolute atomic E-state index is 0.157. The van der Waals surface area contributed by atoms with Gasteiger partial charge in [-0.05, 0) is 42.3 Å². The van der Waals surface area contributed by atoms with Crippen molar-refractivity contribution in [2.75, 3.05) is 0 Å². The number of nitrogens with zero attached hydrogens (tertiary/aromatic N) is 2. The summed E-state index contributed by atoms with van der Waals surface area (Å²) in [7, 11) is 0. The molecule has 2 N–H and O–H groups in total. The van der Waals surface area contributed by atoms with Crippen LogP contribution in [0.15, 0.2) is 36.5 Å². The van der Waals surface area contributed by atoms with Gasteiger partial charge in [0.25, 0.3) is 0 Å². The number of pyridine rings is 1. The SMILES string of the molecule is C[C@H](N)c1ccc(OCc2ccnc(C#N)c2)c(F)c1. The highest BCUT2D eigenvalue weighted by Gasteiger charge is 2.07. The number of halogens is 1. The molecule has 20 heavy (non-hydrogen) atoms. The number of rotatable bonds is 4. The summed E-state index contributed by atoms with van der Waals surface area (Å²) < 4.78 is 19.2. The maximum atomic E-state index is 13.8. The molecule has 0 fully saturated rings. The Bertz CT molecular complexity index is 650. The van der Waals surface area contributed by atoms with Gasteiger partial charge in [-0.2, -0.15) is 5.26 Å². The predicted octanol–water partition coefficient (Wildman–Crippen LogP) is 2.69. The first-order chi connectivity index (χ1) is 9.60. The van der Waals surface area contributed by atoms with Crippen LogP contribution in [-0.2, 0) is 6.61 Å². The largest absolute Gasteiger partial charge is 0.486 e. The van der Waals surface area contributed by atoms with E-state index in [4.69, 9.17) is 15.7 Å². The molecule has 0 bridgehead atoms. The van der Waals surface area contributed by atoms with Gasteiger partial charge in [0.15, 0.2) is 11.6 Å². The first kappa shape index (κ1) is 14.0. The van der Waals surface area contributed by atoms with Gasteiger partial charge < -0.3 is 10.5 Å². The van der Waals surface area contributed by atoms with E-state index in [1.54, 1.807) is 31.2 Å². The lowest BCUT2D eigenvalue weighted by molar-refractivity contribution is 0.290. The smallest absolute Gasteiger partial charge is 0.165 e. The lowest BCUT2D eigenvalue weighted by Crippen LogP contribution is -2.06. The third kappa shape index (κ3) is 3.31. The highest BCUT2D eigenvalue weighted by molar-refractivity contribution is 5.31. The van der Waals surface area contributed by atoms with E-state index in [1.165, 1.54) is 12.3 Å². The van der Waals surface area contributed by atoms with Crippen molar-refractivity contribution in [3.8, 4) is 11.8 Å². The fourth-order valence-corrected chi connectivity index (χ4v) is 1.70. The number of aromatic nitrogens is 1. The van der Waals surface area contributed by atoms with E-state index in [9.17, 15) is 4.39 Å². The summed E-state index contributed by atoms with van der Waals surface area (Å²) in [5.74, 6) is -0.293. The molecule has 5 heteroatoms. The summed E-state index contributed by atoms with van der Waals surface area (Å²) in [6, 6.07) is 9.70. The Labute approximate surface area is 116 Å². The van der Waals surface area contributed by atoms with Gasteiger partial charge >= 0.3 is 0 Å². The minimum atomic E-state index is -0.450. The molecule has 102 valence electrons. The van der Waals surface area contributed by atoms with Crippen molar-refractivity contribution in [3.05, 3.63) is 59.2 Å². The van der Waals surface area contributed by atoms with Crippen LogP contribution >= 0.6 is 0 Å². The molecule has 0 unspecified atom stereocenters. The lowest BCUT2D eigenvalue weighted by atomic mass is 10.1. The maximum Gasteiger partial charge on any atom is 0.165 e. The van der Waals surface area contributed by atoms with E-state index < -0.39 is 5.82 Å². The van der Waals surface area contributed by atoms with Crippen molar-refractivity contribution < 1.29 is 9.13 Å². The average Bonchev–Trinajstić information content (AvgIpc) is 2.46. The zero-order valence-electron chi connectivity index (χ0n) is 11.0. The van der Waals surface area contributed by atoms with Gasteiger partial charge in [0, 0.05) is 12.2 Å². The van der Waals surface area contributed by atoms with Gasteiger partial charge in [0.1, 0.15) is 18.4 Å². The monoisotopic (exact) mass is 271 g/mol. The molecule has 0 aliphatic carbocycles. The Morgan fingerprint density at radius 2 is 2.20 bits per heavy atom. The normalized spacial score (nSPS) is 11.7. The Morgan fingerprint density at radius 3 is 2.85 bits per heavy atom. The second-order valence-electron chi connectivity index (χ2n) is 4.43. The number of nitrogens with two attached hydrogens (primary N) is 1. The number of hydrogen-bond acceptors (Lipinski definition) is 4. The van der Waals surface area contributed by atoms with Crippen LogP contribution in [0.1, 0.15) is 29.8 Å². The summed E-state index contributed by atoms with van der Waals surface area (Å²) in [5.41, 5.74) is 7.46. The molecule has 0 amide bonds. The highest BCUT2D eigenvalue weighted by Crippen LogP contribution is 2.22. The maximum absolute atomic E-state index is 13.8. The van der Waals surface area contributed by atoms with Crippen LogP contribution < -0.4 is 10.5 Å². The molecule has 1 heterocycles. The molecule has 2 aromatic rings. The minimum Gasteiger partial charge on any atom is -0.486 e. The molecule has 0 saturated heterocycles. The van der Waals surface area contributed by atoms with Gasteiger partial charge in [-0.1, -0.05) is 6.07 Å². The standard InChI is InChI=1S/C15H14FN3O/c1-10(18)12-2-3-15(14(16)7-12)20-9-11-4-5-19-13(6-11)8-17/h2-7,10H,9,18H2,1H3/t10-/m0/s1. The van der Waals surface area contributed by atoms with Gasteiger partial charge in [-0.25, -0.2) is 9.37 Å². The van der Waals surface area contributed by atoms with E-state index in [0.29, 0.717) is 11.3 Å². The second-order valence-corrected chi connectivity index (χ2v) is 4.43. The van der Waals surface area contributed by atoms with Crippen molar-refractivity contribution in [3.63, 3.8) is 0 Å². The van der Waals surface area contributed by atoms with Crippen molar-refractivity contribution >= 4 is 0 Å². The molecule has 1 aromatic carbocycles. The molecule has 1 aromatic heterocycles. The molecule has 4 nitrogen and oxygen atoms in total. The third-order valence-corrected chi connectivity index (χ3v) is 2.81. The fraction of sp³-hybridized carbons (Fsp3) is 0.200. The van der Waals surface area contributed by atoms with Gasteiger partial charge in [0.05, 0.1) is 0 Å². The summed E-state index contributed by atoms with van der Waals surface area (Å²) in [6.07, 6.45) is 1.52. The number of nitriles is 1. The summed E-state index contributed by atoms with van der Waals surface area (Å²) in [5, 5.41) is 8.75. The van der Waals surface area contributed by atoms with Crippen molar-refractivity contribution in [2.24, 2.45) is 5.73 Å². The highest BCUT2D eigenvalue weighted by atomic mass is 19.1. The van der Waals surface area contributed by atoms with Crippen LogP contribution in [0, 0.1) is 17.1 Å². The Balaban J connectivity index is 2.09. The van der Waals surface area contributed by atoms with E-state index in [0.717, 1.165) is 5.56 Å². The first-order valence-corrected chi connectivity index (χ1v) is 6.13. The molecule has 1 atom stereocenters. The summed E-state index contributed by atoms with van der Waals surface area (Å²) >= 11 is 0. The second kappa shape index (κ2) is 6.13. The zero-order valence-corrected chi connectivity index (χ0v) is 11.0. The Morgan fingerprint density at radius 1 is 1.40 bits per heavy atom. The molecular weight excluding hydrogens is 257 g/mol. The van der Waals surface area contributed by atoms with Crippen LogP contribution in [0.2, 0.25) is 0 Å². The molecule has 0 aliphatic rings. The topological polar surface area (TPSA) is 71.9 Å². The number of hydrogen-bond donors (Lipinski definition) is 1. The predicted molar refractivity (Wildman–Crippen MR) is 72.3 cm³/mol. The van der Waals surface area contributed by atoms with Crippen molar-refractivity contribution in [1.82, 2.24) is 4.98 Å². The van der Waals surface area contributed by atoms with Crippen LogP contribution in [0.4, 0.5) is 4.39 Å². The molecule has 2 rings (SSSR count). The number of benzene rings is 1. The molecular formula is C15H14FN3O. The molecule has 0 radical (unpaired) electrons. The van der Waals surface area contributed by atoms with Gasteiger partial charge in [0.2, 0.25) is 0 Å². The molecule has 0 aliphatic heterocycles. The van der Waals surface area contributed by atoms with E-state index in [2.05, 4.69) is 4.98 Å². The van der Waals surface area contributed by atoms with E-state index in [1.807, 2.05) is 6.07 Å². The third-order valence-electron chi connectivity index (χ3n) is 2.81. The van der Waals surface area contributed by atoms with Gasteiger partial charge in [-0.15, -0.1) is 0 Å². The first-order valence-electron chi connectivity index (χ1n) is 6.13. The zero-order chi connectivity index (χ0) is 14.5. The van der Waals surface area contributed by atoms with Gasteiger partial charge in [-0.3, -0.25) is 0 Å². The number of ether oxygens (including phenoxy) is 1.